The highest BCUT2D eigenvalue weighted by Gasteiger charge is 2.21. The molecule has 2 saturated heterocycles. The highest BCUT2D eigenvalue weighted by atomic mass is 16.2. The van der Waals surface area contributed by atoms with Gasteiger partial charge in [-0.1, -0.05) is 0 Å². The molecule has 6 heteroatoms. The second-order valence-electron chi connectivity index (χ2n) is 6.34. The molecule has 1 unspecified atom stereocenters. The first-order valence-electron chi connectivity index (χ1n) is 8.35. The highest BCUT2D eigenvalue weighted by Crippen LogP contribution is 2.30. The smallest absolute Gasteiger partial charge is 0.248 e. The average Bonchev–Trinajstić information content (AvgIpc) is 3.20. The van der Waals surface area contributed by atoms with Crippen molar-refractivity contribution in [2.75, 3.05) is 29.9 Å². The summed E-state index contributed by atoms with van der Waals surface area (Å²) in [6.45, 7) is 2.93. The van der Waals surface area contributed by atoms with E-state index in [1.54, 1.807) is 12.1 Å². The minimum absolute atomic E-state index is 0.0218. The molecule has 0 spiro atoms. The molecule has 23 heavy (non-hydrogen) atoms. The number of primary amides is 1. The zero-order chi connectivity index (χ0) is 16.2. The van der Waals surface area contributed by atoms with Gasteiger partial charge in [0.05, 0.1) is 11.4 Å². The molecule has 1 aromatic rings. The molecule has 3 rings (SSSR count). The van der Waals surface area contributed by atoms with Crippen molar-refractivity contribution in [1.29, 1.82) is 0 Å². The van der Waals surface area contributed by atoms with Crippen LogP contribution in [0.1, 0.15) is 42.5 Å². The lowest BCUT2D eigenvalue weighted by atomic mass is 10.1. The number of carbonyl (C=O) groups is 2. The third kappa shape index (κ3) is 3.82. The van der Waals surface area contributed by atoms with Crippen LogP contribution < -0.4 is 21.3 Å². The molecule has 0 radical (unpaired) electrons. The lowest BCUT2D eigenvalue weighted by Crippen LogP contribution is -2.28. The van der Waals surface area contributed by atoms with E-state index in [0.717, 1.165) is 51.0 Å². The van der Waals surface area contributed by atoms with Crippen LogP contribution in [0, 0.1) is 0 Å². The lowest BCUT2D eigenvalue weighted by Gasteiger charge is -2.22. The Morgan fingerprint density at radius 3 is 2.70 bits per heavy atom. The molecule has 0 bridgehead atoms. The van der Waals surface area contributed by atoms with Gasteiger partial charge in [-0.2, -0.15) is 0 Å². The van der Waals surface area contributed by atoms with Crippen LogP contribution in [0.2, 0.25) is 0 Å². The molecule has 4 N–H and O–H groups in total. The predicted octanol–water partition coefficient (Wildman–Crippen LogP) is 1.47. The number of hydrogen-bond donors (Lipinski definition) is 3. The second kappa shape index (κ2) is 7.00. The Morgan fingerprint density at radius 2 is 2.04 bits per heavy atom. The largest absolute Gasteiger partial charge is 0.370 e. The van der Waals surface area contributed by atoms with Crippen molar-refractivity contribution in [1.82, 2.24) is 5.32 Å². The van der Waals surface area contributed by atoms with Crippen molar-refractivity contribution in [3.05, 3.63) is 23.8 Å². The van der Waals surface area contributed by atoms with E-state index in [1.165, 1.54) is 0 Å². The van der Waals surface area contributed by atoms with Crippen LogP contribution in [0.3, 0.4) is 0 Å². The standard InChI is InChI=1S/C17H24N4O2/c18-17(23)12-5-6-15(21-8-1-2-9-21)14(10-12)20-16(22)11-13-4-3-7-19-13/h5-6,10,13,19H,1-4,7-9,11H2,(H2,18,23)(H,20,22). The maximum atomic E-state index is 12.3. The van der Waals surface area contributed by atoms with E-state index in [9.17, 15) is 9.59 Å². The number of benzene rings is 1. The van der Waals surface area contributed by atoms with E-state index in [0.29, 0.717) is 17.7 Å². The summed E-state index contributed by atoms with van der Waals surface area (Å²) in [5.41, 5.74) is 7.45. The summed E-state index contributed by atoms with van der Waals surface area (Å²) in [6, 6.07) is 5.55. The molecular weight excluding hydrogens is 292 g/mol. The minimum atomic E-state index is -0.481. The molecule has 2 aliphatic heterocycles. The number of carbonyl (C=O) groups excluding carboxylic acids is 2. The normalized spacial score (nSPS) is 20.7. The summed E-state index contributed by atoms with van der Waals surface area (Å²) in [6.07, 6.45) is 4.91. The van der Waals surface area contributed by atoms with E-state index < -0.39 is 5.91 Å². The molecule has 0 aromatic heterocycles. The quantitative estimate of drug-likeness (QED) is 0.767. The maximum Gasteiger partial charge on any atom is 0.248 e. The van der Waals surface area contributed by atoms with Crippen LogP contribution in [0.5, 0.6) is 0 Å². The highest BCUT2D eigenvalue weighted by molar-refractivity contribution is 5.99. The number of nitrogens with one attached hydrogen (secondary N) is 2. The maximum absolute atomic E-state index is 12.3. The molecule has 2 amide bonds. The van der Waals surface area contributed by atoms with Crippen LogP contribution >= 0.6 is 0 Å². The van der Waals surface area contributed by atoms with Gasteiger partial charge >= 0.3 is 0 Å². The Hall–Kier alpha value is -2.08. The van der Waals surface area contributed by atoms with Crippen LogP contribution in [-0.2, 0) is 4.79 Å². The molecule has 2 aliphatic rings. The molecule has 2 fully saturated rings. The SMILES string of the molecule is NC(=O)c1ccc(N2CCCC2)c(NC(=O)CC2CCCN2)c1. The number of nitrogens with two attached hydrogens (primary N) is 1. The van der Waals surface area contributed by atoms with Gasteiger partial charge in [0.2, 0.25) is 11.8 Å². The van der Waals surface area contributed by atoms with Gasteiger partial charge in [0, 0.05) is 31.1 Å². The molecule has 1 atom stereocenters. The fraction of sp³-hybridized carbons (Fsp3) is 0.529. The Bertz CT molecular complexity index is 590. The predicted molar refractivity (Wildman–Crippen MR) is 90.7 cm³/mol. The molecule has 2 heterocycles. The van der Waals surface area contributed by atoms with Gasteiger partial charge in [0.15, 0.2) is 0 Å². The van der Waals surface area contributed by atoms with E-state index >= 15 is 0 Å². The van der Waals surface area contributed by atoms with E-state index in [-0.39, 0.29) is 11.9 Å². The molecule has 124 valence electrons. The molecule has 0 saturated carbocycles. The zero-order valence-corrected chi connectivity index (χ0v) is 13.3. The number of nitrogens with zero attached hydrogens (tertiary/aromatic N) is 1. The third-order valence-electron chi connectivity index (χ3n) is 4.60. The summed E-state index contributed by atoms with van der Waals surface area (Å²) < 4.78 is 0. The first-order chi connectivity index (χ1) is 11.1. The van der Waals surface area contributed by atoms with Crippen molar-refractivity contribution in [2.24, 2.45) is 5.73 Å². The van der Waals surface area contributed by atoms with Crippen LogP contribution in [0.15, 0.2) is 18.2 Å². The molecular formula is C17H24N4O2. The summed E-state index contributed by atoms with van der Waals surface area (Å²) in [5.74, 6) is -0.502. The van der Waals surface area contributed by atoms with Crippen molar-refractivity contribution < 1.29 is 9.59 Å². The van der Waals surface area contributed by atoms with Crippen LogP contribution in [-0.4, -0.2) is 37.5 Å². The molecule has 6 nitrogen and oxygen atoms in total. The average molecular weight is 316 g/mol. The Morgan fingerprint density at radius 1 is 1.26 bits per heavy atom. The van der Waals surface area contributed by atoms with Crippen molar-refractivity contribution in [3.63, 3.8) is 0 Å². The Labute approximate surface area is 136 Å². The van der Waals surface area contributed by atoms with Gasteiger partial charge in [-0.25, -0.2) is 0 Å². The zero-order valence-electron chi connectivity index (χ0n) is 13.3. The lowest BCUT2D eigenvalue weighted by molar-refractivity contribution is -0.116. The summed E-state index contributed by atoms with van der Waals surface area (Å²) >= 11 is 0. The van der Waals surface area contributed by atoms with Gasteiger partial charge in [0.1, 0.15) is 0 Å². The topological polar surface area (TPSA) is 87.5 Å². The van der Waals surface area contributed by atoms with Crippen molar-refractivity contribution >= 4 is 23.2 Å². The van der Waals surface area contributed by atoms with Crippen molar-refractivity contribution in [3.8, 4) is 0 Å². The first kappa shape index (κ1) is 15.8. The van der Waals surface area contributed by atoms with Gasteiger partial charge < -0.3 is 21.3 Å². The third-order valence-corrected chi connectivity index (χ3v) is 4.60. The van der Waals surface area contributed by atoms with E-state index in [2.05, 4.69) is 15.5 Å². The summed E-state index contributed by atoms with van der Waals surface area (Å²) in [4.78, 5) is 26.0. The van der Waals surface area contributed by atoms with E-state index in [1.807, 2.05) is 6.07 Å². The van der Waals surface area contributed by atoms with Crippen molar-refractivity contribution in [2.45, 2.75) is 38.1 Å². The summed E-state index contributed by atoms with van der Waals surface area (Å²) in [5, 5.41) is 6.31. The number of hydrogen-bond acceptors (Lipinski definition) is 4. The number of rotatable bonds is 5. The van der Waals surface area contributed by atoms with E-state index in [4.69, 9.17) is 5.73 Å². The van der Waals surface area contributed by atoms with Gasteiger partial charge in [-0.15, -0.1) is 0 Å². The van der Waals surface area contributed by atoms with Gasteiger partial charge in [-0.05, 0) is 50.4 Å². The fourth-order valence-electron chi connectivity index (χ4n) is 3.38. The van der Waals surface area contributed by atoms with Crippen LogP contribution in [0.25, 0.3) is 0 Å². The van der Waals surface area contributed by atoms with Gasteiger partial charge in [0.25, 0.3) is 0 Å². The number of amides is 2. The Kier molecular flexibility index (Phi) is 4.81. The second-order valence-corrected chi connectivity index (χ2v) is 6.34. The minimum Gasteiger partial charge on any atom is -0.370 e. The Balaban J connectivity index is 1.77. The molecule has 1 aromatic carbocycles. The van der Waals surface area contributed by atoms with Gasteiger partial charge in [-0.3, -0.25) is 9.59 Å². The summed E-state index contributed by atoms with van der Waals surface area (Å²) in [7, 11) is 0. The number of anilines is 2. The monoisotopic (exact) mass is 316 g/mol. The first-order valence-corrected chi connectivity index (χ1v) is 8.35. The van der Waals surface area contributed by atoms with Crippen LogP contribution in [0.4, 0.5) is 11.4 Å². The fourth-order valence-corrected chi connectivity index (χ4v) is 3.38. The molecule has 0 aliphatic carbocycles.